The number of aromatic amines is 1. The highest BCUT2D eigenvalue weighted by Crippen LogP contribution is 2.26. The Morgan fingerprint density at radius 2 is 2.07 bits per heavy atom. The Morgan fingerprint density at radius 1 is 1.40 bits per heavy atom. The first-order chi connectivity index (χ1) is 7.22. The molecule has 1 N–H and O–H groups in total. The molecule has 5 nitrogen and oxygen atoms in total. The Kier molecular flexibility index (Phi) is 2.95. The molecule has 1 aliphatic rings. The molecule has 1 fully saturated rings. The van der Waals surface area contributed by atoms with Crippen LogP contribution in [0.3, 0.4) is 0 Å². The minimum absolute atomic E-state index is 0.0460. The quantitative estimate of drug-likeness (QED) is 0.758. The van der Waals surface area contributed by atoms with E-state index >= 15 is 0 Å². The summed E-state index contributed by atoms with van der Waals surface area (Å²) in [4.78, 5) is 29.7. The Bertz CT molecular complexity index is 428. The van der Waals surface area contributed by atoms with Crippen molar-refractivity contribution in [3.63, 3.8) is 0 Å². The fraction of sp³-hybridized carbons (Fsp3) is 0.667. The van der Waals surface area contributed by atoms with Crippen molar-refractivity contribution in [2.24, 2.45) is 0 Å². The molecular formula is C9H13N3O2S. The van der Waals surface area contributed by atoms with Crippen LogP contribution in [0.25, 0.3) is 0 Å². The molecule has 6 heteroatoms. The minimum atomic E-state index is -0.421. The van der Waals surface area contributed by atoms with E-state index in [2.05, 4.69) is 9.97 Å². The lowest BCUT2D eigenvalue weighted by Crippen LogP contribution is -2.39. The van der Waals surface area contributed by atoms with Crippen LogP contribution in [0.4, 0.5) is 0 Å². The summed E-state index contributed by atoms with van der Waals surface area (Å²) in [6.45, 7) is 0. The molecule has 0 amide bonds. The van der Waals surface area contributed by atoms with Gasteiger partial charge in [-0.25, -0.2) is 14.2 Å². The molecule has 0 aromatic carbocycles. The maximum atomic E-state index is 11.7. The van der Waals surface area contributed by atoms with Crippen molar-refractivity contribution in [1.82, 2.24) is 14.5 Å². The van der Waals surface area contributed by atoms with Gasteiger partial charge >= 0.3 is 11.4 Å². The van der Waals surface area contributed by atoms with Crippen molar-refractivity contribution in [2.45, 2.75) is 36.9 Å². The van der Waals surface area contributed by atoms with Crippen molar-refractivity contribution >= 4 is 11.8 Å². The molecule has 1 aromatic heterocycles. The summed E-state index contributed by atoms with van der Waals surface area (Å²) in [5.41, 5.74) is -0.749. The van der Waals surface area contributed by atoms with Crippen molar-refractivity contribution in [1.29, 1.82) is 0 Å². The fourth-order valence-corrected chi connectivity index (χ4v) is 2.35. The second kappa shape index (κ2) is 4.22. The lowest BCUT2D eigenvalue weighted by atomic mass is 10.2. The molecule has 0 bridgehead atoms. The Balaban J connectivity index is 2.47. The van der Waals surface area contributed by atoms with E-state index in [0.717, 1.165) is 25.7 Å². The monoisotopic (exact) mass is 227 g/mol. The Hall–Kier alpha value is -1.04. The summed E-state index contributed by atoms with van der Waals surface area (Å²) in [5, 5.41) is 0.388. The van der Waals surface area contributed by atoms with Gasteiger partial charge in [0.15, 0.2) is 5.16 Å². The molecule has 1 heterocycles. The standard InChI is InChI=1S/C9H13N3O2S/c1-15-7-10-8(13)12(9(14)11-7)6-4-2-3-5-6/h6H,2-5H2,1H3,(H,10,11,13,14). The number of hydrogen-bond acceptors (Lipinski definition) is 4. The molecule has 1 aliphatic carbocycles. The predicted octanol–water partition coefficient (Wildman–Crippen LogP) is 0.769. The first-order valence-electron chi connectivity index (χ1n) is 4.99. The van der Waals surface area contributed by atoms with Crippen LogP contribution in [-0.2, 0) is 0 Å². The highest BCUT2D eigenvalue weighted by atomic mass is 32.2. The molecule has 0 atom stereocenters. The molecule has 15 heavy (non-hydrogen) atoms. The molecule has 0 radical (unpaired) electrons. The van der Waals surface area contributed by atoms with E-state index in [4.69, 9.17) is 0 Å². The normalized spacial score (nSPS) is 17.1. The lowest BCUT2D eigenvalue weighted by Gasteiger charge is -2.10. The number of thioether (sulfide) groups is 1. The van der Waals surface area contributed by atoms with Crippen molar-refractivity contribution in [3.8, 4) is 0 Å². The van der Waals surface area contributed by atoms with Gasteiger partial charge in [-0.3, -0.25) is 4.98 Å². The lowest BCUT2D eigenvalue weighted by molar-refractivity contribution is 0.457. The smallest absolute Gasteiger partial charge is 0.286 e. The number of nitrogens with one attached hydrogen (secondary N) is 1. The second-order valence-corrected chi connectivity index (χ2v) is 4.44. The number of rotatable bonds is 2. The third-order valence-corrected chi connectivity index (χ3v) is 3.30. The van der Waals surface area contributed by atoms with Crippen LogP contribution in [-0.4, -0.2) is 20.8 Å². The summed E-state index contributed by atoms with van der Waals surface area (Å²) < 4.78 is 1.26. The first kappa shape index (κ1) is 10.5. The van der Waals surface area contributed by atoms with Gasteiger partial charge in [0, 0.05) is 6.04 Å². The average molecular weight is 227 g/mol. The van der Waals surface area contributed by atoms with Gasteiger partial charge in [-0.05, 0) is 19.1 Å². The SMILES string of the molecule is CSc1nc(=O)n(C2CCCC2)c(=O)[nH]1. The molecule has 82 valence electrons. The van der Waals surface area contributed by atoms with Crippen molar-refractivity contribution in [2.75, 3.05) is 6.26 Å². The predicted molar refractivity (Wildman–Crippen MR) is 58.4 cm³/mol. The summed E-state index contributed by atoms with van der Waals surface area (Å²) in [7, 11) is 0. The van der Waals surface area contributed by atoms with E-state index in [1.807, 2.05) is 0 Å². The molecule has 0 spiro atoms. The molecular weight excluding hydrogens is 214 g/mol. The van der Waals surface area contributed by atoms with Crippen LogP contribution in [0.5, 0.6) is 0 Å². The van der Waals surface area contributed by atoms with Gasteiger partial charge in [-0.2, -0.15) is 4.98 Å². The maximum Gasteiger partial charge on any atom is 0.354 e. The van der Waals surface area contributed by atoms with E-state index in [1.54, 1.807) is 6.26 Å². The molecule has 2 rings (SSSR count). The van der Waals surface area contributed by atoms with E-state index in [1.165, 1.54) is 16.3 Å². The Morgan fingerprint density at radius 3 is 2.60 bits per heavy atom. The summed E-state index contributed by atoms with van der Waals surface area (Å²) in [5.74, 6) is 0. The van der Waals surface area contributed by atoms with Crippen LogP contribution in [0.15, 0.2) is 14.7 Å². The fourth-order valence-electron chi connectivity index (χ4n) is 1.99. The molecule has 1 saturated carbocycles. The average Bonchev–Trinajstić information content (AvgIpc) is 2.69. The summed E-state index contributed by atoms with van der Waals surface area (Å²) in [6.07, 6.45) is 5.76. The van der Waals surface area contributed by atoms with Gasteiger partial charge in [0.25, 0.3) is 0 Å². The van der Waals surface area contributed by atoms with Crippen LogP contribution in [0, 0.1) is 0 Å². The van der Waals surface area contributed by atoms with E-state index in [-0.39, 0.29) is 11.7 Å². The minimum Gasteiger partial charge on any atom is -0.286 e. The van der Waals surface area contributed by atoms with Crippen molar-refractivity contribution < 1.29 is 0 Å². The third kappa shape index (κ3) is 1.99. The largest absolute Gasteiger partial charge is 0.354 e. The summed E-state index contributed by atoms with van der Waals surface area (Å²) >= 11 is 1.27. The van der Waals surface area contributed by atoms with Gasteiger partial charge in [0.2, 0.25) is 0 Å². The molecule has 0 aliphatic heterocycles. The Labute approximate surface area is 90.9 Å². The van der Waals surface area contributed by atoms with Gasteiger partial charge in [-0.15, -0.1) is 0 Å². The maximum absolute atomic E-state index is 11.7. The zero-order valence-corrected chi connectivity index (χ0v) is 9.34. The number of aromatic nitrogens is 3. The van der Waals surface area contributed by atoms with E-state index < -0.39 is 5.69 Å². The highest BCUT2D eigenvalue weighted by molar-refractivity contribution is 7.98. The molecule has 0 unspecified atom stereocenters. The molecule has 1 aromatic rings. The van der Waals surface area contributed by atoms with Crippen LogP contribution in [0.1, 0.15) is 31.7 Å². The van der Waals surface area contributed by atoms with Crippen LogP contribution in [0.2, 0.25) is 0 Å². The number of H-pyrrole nitrogens is 1. The van der Waals surface area contributed by atoms with Gasteiger partial charge in [0.1, 0.15) is 0 Å². The van der Waals surface area contributed by atoms with Crippen LogP contribution >= 0.6 is 11.8 Å². The van der Waals surface area contributed by atoms with E-state index in [9.17, 15) is 9.59 Å². The topological polar surface area (TPSA) is 67.8 Å². The van der Waals surface area contributed by atoms with Gasteiger partial charge < -0.3 is 0 Å². The van der Waals surface area contributed by atoms with Crippen LogP contribution < -0.4 is 11.4 Å². The van der Waals surface area contributed by atoms with Gasteiger partial charge in [-0.1, -0.05) is 24.6 Å². The zero-order chi connectivity index (χ0) is 10.8. The van der Waals surface area contributed by atoms with Gasteiger partial charge in [0.05, 0.1) is 0 Å². The first-order valence-corrected chi connectivity index (χ1v) is 6.21. The van der Waals surface area contributed by atoms with Crippen molar-refractivity contribution in [3.05, 3.63) is 21.0 Å². The summed E-state index contributed by atoms with van der Waals surface area (Å²) in [6, 6.07) is 0.0460. The number of nitrogens with zero attached hydrogens (tertiary/aromatic N) is 2. The molecule has 0 saturated heterocycles. The number of hydrogen-bond donors (Lipinski definition) is 1. The van der Waals surface area contributed by atoms with E-state index in [0.29, 0.717) is 5.16 Å². The second-order valence-electron chi connectivity index (χ2n) is 3.64. The zero-order valence-electron chi connectivity index (χ0n) is 8.52. The third-order valence-electron chi connectivity index (χ3n) is 2.72. The highest BCUT2D eigenvalue weighted by Gasteiger charge is 2.20.